The molecule has 0 unspecified atom stereocenters. The van der Waals surface area contributed by atoms with Crippen LogP contribution in [0.3, 0.4) is 0 Å². The van der Waals surface area contributed by atoms with Gasteiger partial charge in [0.05, 0.1) is 16.0 Å². The standard InChI is InChI=1S/C18H12N4O3/c23-22(24)17-6-7-18(15-8-10-19-12-16(15)17)25-14-4-2-13(3-5-14)21-11-1-9-20-21/h1-12H. The molecular weight excluding hydrogens is 320 g/mol. The molecular formula is C18H12N4O3. The summed E-state index contributed by atoms with van der Waals surface area (Å²) in [5.74, 6) is 1.16. The van der Waals surface area contributed by atoms with E-state index in [9.17, 15) is 10.1 Å². The number of nitro groups is 1. The molecule has 0 N–H and O–H groups in total. The molecule has 0 aliphatic carbocycles. The maximum absolute atomic E-state index is 11.2. The number of benzene rings is 2. The van der Waals surface area contributed by atoms with Crippen LogP contribution in [0.4, 0.5) is 5.69 Å². The first-order valence-corrected chi connectivity index (χ1v) is 7.51. The lowest BCUT2D eigenvalue weighted by Crippen LogP contribution is -1.94. The van der Waals surface area contributed by atoms with Gasteiger partial charge in [0, 0.05) is 36.2 Å². The lowest BCUT2D eigenvalue weighted by Gasteiger charge is -2.10. The molecule has 2 heterocycles. The molecule has 0 fully saturated rings. The quantitative estimate of drug-likeness (QED) is 0.414. The first-order valence-electron chi connectivity index (χ1n) is 7.51. The van der Waals surface area contributed by atoms with Crippen molar-refractivity contribution >= 4 is 16.5 Å². The van der Waals surface area contributed by atoms with Crippen molar-refractivity contribution in [1.82, 2.24) is 14.8 Å². The smallest absolute Gasteiger partial charge is 0.279 e. The van der Waals surface area contributed by atoms with Crippen molar-refractivity contribution in [2.75, 3.05) is 0 Å². The molecule has 4 rings (SSSR count). The minimum absolute atomic E-state index is 0.00415. The predicted octanol–water partition coefficient (Wildman–Crippen LogP) is 4.12. The molecule has 0 aliphatic heterocycles. The minimum atomic E-state index is -0.424. The average molecular weight is 332 g/mol. The van der Waals surface area contributed by atoms with Crippen molar-refractivity contribution in [2.24, 2.45) is 0 Å². The monoisotopic (exact) mass is 332 g/mol. The highest BCUT2D eigenvalue weighted by Crippen LogP contribution is 2.34. The van der Waals surface area contributed by atoms with E-state index in [1.807, 2.05) is 36.5 Å². The average Bonchev–Trinajstić information content (AvgIpc) is 3.17. The van der Waals surface area contributed by atoms with E-state index < -0.39 is 4.92 Å². The van der Waals surface area contributed by atoms with E-state index in [1.165, 1.54) is 12.3 Å². The molecule has 2 aromatic carbocycles. The Morgan fingerprint density at radius 1 is 1.00 bits per heavy atom. The zero-order valence-corrected chi connectivity index (χ0v) is 12.9. The van der Waals surface area contributed by atoms with Crippen LogP contribution in [0.1, 0.15) is 0 Å². The normalized spacial score (nSPS) is 10.7. The number of nitro benzene ring substituents is 1. The first-order chi connectivity index (χ1) is 12.2. The Balaban J connectivity index is 1.69. The van der Waals surface area contributed by atoms with E-state index in [0.717, 1.165) is 5.69 Å². The van der Waals surface area contributed by atoms with Crippen LogP contribution in [0.5, 0.6) is 11.5 Å². The molecule has 7 heteroatoms. The largest absolute Gasteiger partial charge is 0.457 e. The molecule has 25 heavy (non-hydrogen) atoms. The summed E-state index contributed by atoms with van der Waals surface area (Å²) < 4.78 is 7.67. The van der Waals surface area contributed by atoms with Crippen molar-refractivity contribution in [2.45, 2.75) is 0 Å². The maximum atomic E-state index is 11.2. The molecule has 0 saturated carbocycles. The molecule has 0 aliphatic rings. The van der Waals surface area contributed by atoms with E-state index in [-0.39, 0.29) is 5.69 Å². The van der Waals surface area contributed by atoms with Gasteiger partial charge in [0.2, 0.25) is 0 Å². The SMILES string of the molecule is O=[N+]([O-])c1ccc(Oc2ccc(-n3cccn3)cc2)c2ccncc12. The third kappa shape index (κ3) is 2.78. The second-order valence-corrected chi connectivity index (χ2v) is 5.31. The van der Waals surface area contributed by atoms with Crippen LogP contribution in [0.25, 0.3) is 16.5 Å². The zero-order chi connectivity index (χ0) is 17.2. The van der Waals surface area contributed by atoms with Crippen LogP contribution in [0.15, 0.2) is 73.3 Å². The van der Waals surface area contributed by atoms with Crippen molar-refractivity contribution in [3.8, 4) is 17.2 Å². The van der Waals surface area contributed by atoms with Gasteiger partial charge in [-0.25, -0.2) is 4.68 Å². The summed E-state index contributed by atoms with van der Waals surface area (Å²) in [6, 6.07) is 14.0. The minimum Gasteiger partial charge on any atom is -0.457 e. The third-order valence-electron chi connectivity index (χ3n) is 3.79. The summed E-state index contributed by atoms with van der Waals surface area (Å²) in [6.07, 6.45) is 6.62. The molecule has 0 radical (unpaired) electrons. The van der Waals surface area contributed by atoms with Gasteiger partial charge < -0.3 is 4.74 Å². The Morgan fingerprint density at radius 2 is 1.84 bits per heavy atom. The van der Waals surface area contributed by atoms with E-state index in [0.29, 0.717) is 22.3 Å². The molecule has 4 aromatic rings. The van der Waals surface area contributed by atoms with Crippen molar-refractivity contribution in [1.29, 1.82) is 0 Å². The number of nitrogens with zero attached hydrogens (tertiary/aromatic N) is 4. The van der Waals surface area contributed by atoms with Crippen molar-refractivity contribution in [3.05, 3.63) is 83.4 Å². The predicted molar refractivity (Wildman–Crippen MR) is 92.0 cm³/mol. The fourth-order valence-electron chi connectivity index (χ4n) is 2.61. The van der Waals surface area contributed by atoms with Gasteiger partial charge in [-0.3, -0.25) is 15.1 Å². The van der Waals surface area contributed by atoms with E-state index in [1.54, 1.807) is 29.2 Å². The molecule has 0 saturated heterocycles. The molecule has 0 bridgehead atoms. The highest BCUT2D eigenvalue weighted by atomic mass is 16.6. The number of hydrogen-bond acceptors (Lipinski definition) is 5. The number of aromatic nitrogens is 3. The van der Waals surface area contributed by atoms with Crippen LogP contribution in [0, 0.1) is 10.1 Å². The lowest BCUT2D eigenvalue weighted by atomic mass is 10.1. The number of ether oxygens (including phenoxy) is 1. The van der Waals surface area contributed by atoms with E-state index in [4.69, 9.17) is 4.74 Å². The molecule has 0 amide bonds. The molecule has 7 nitrogen and oxygen atoms in total. The lowest BCUT2D eigenvalue weighted by molar-refractivity contribution is -0.383. The summed E-state index contributed by atoms with van der Waals surface area (Å²) in [4.78, 5) is 14.7. The Morgan fingerprint density at radius 3 is 2.56 bits per heavy atom. The van der Waals surface area contributed by atoms with Gasteiger partial charge in [0.15, 0.2) is 0 Å². The number of fused-ring (bicyclic) bond motifs is 1. The summed E-state index contributed by atoms with van der Waals surface area (Å²) in [7, 11) is 0. The Labute approximate surface area is 142 Å². The van der Waals surface area contributed by atoms with Gasteiger partial charge in [-0.15, -0.1) is 0 Å². The molecule has 0 atom stereocenters. The number of rotatable bonds is 4. The zero-order valence-electron chi connectivity index (χ0n) is 12.9. The van der Waals surface area contributed by atoms with Gasteiger partial charge in [0.25, 0.3) is 5.69 Å². The van der Waals surface area contributed by atoms with Gasteiger partial charge in [-0.2, -0.15) is 5.10 Å². The molecule has 2 aromatic heterocycles. The third-order valence-corrected chi connectivity index (χ3v) is 3.79. The highest BCUT2D eigenvalue weighted by Gasteiger charge is 2.15. The summed E-state index contributed by atoms with van der Waals surface area (Å²) in [5, 5.41) is 16.4. The highest BCUT2D eigenvalue weighted by molar-refractivity contribution is 5.94. The van der Waals surface area contributed by atoms with Gasteiger partial charge in [-0.1, -0.05) is 0 Å². The first kappa shape index (κ1) is 14.8. The summed E-state index contributed by atoms with van der Waals surface area (Å²) in [5.41, 5.74) is 0.916. The van der Waals surface area contributed by atoms with Crippen LogP contribution in [-0.2, 0) is 0 Å². The van der Waals surface area contributed by atoms with Crippen LogP contribution in [0.2, 0.25) is 0 Å². The van der Waals surface area contributed by atoms with Gasteiger partial charge in [0.1, 0.15) is 11.5 Å². The summed E-state index contributed by atoms with van der Waals surface area (Å²) >= 11 is 0. The molecule has 122 valence electrons. The van der Waals surface area contributed by atoms with E-state index >= 15 is 0 Å². The number of non-ortho nitro benzene ring substituents is 1. The fraction of sp³-hybridized carbons (Fsp3) is 0. The number of hydrogen-bond donors (Lipinski definition) is 0. The van der Waals surface area contributed by atoms with Crippen LogP contribution in [-0.4, -0.2) is 19.7 Å². The Bertz CT molecular complexity index is 1040. The Kier molecular flexibility index (Phi) is 3.59. The van der Waals surface area contributed by atoms with Crippen LogP contribution < -0.4 is 4.74 Å². The maximum Gasteiger partial charge on any atom is 0.279 e. The second kappa shape index (κ2) is 6.04. The Hall–Kier alpha value is -3.74. The molecule has 0 spiro atoms. The number of pyridine rings is 1. The van der Waals surface area contributed by atoms with Gasteiger partial charge in [-0.05, 0) is 42.5 Å². The van der Waals surface area contributed by atoms with Crippen molar-refractivity contribution in [3.63, 3.8) is 0 Å². The topological polar surface area (TPSA) is 83.1 Å². The van der Waals surface area contributed by atoms with E-state index in [2.05, 4.69) is 10.1 Å². The second-order valence-electron chi connectivity index (χ2n) is 5.31. The fourth-order valence-corrected chi connectivity index (χ4v) is 2.61. The van der Waals surface area contributed by atoms with Gasteiger partial charge >= 0.3 is 0 Å². The van der Waals surface area contributed by atoms with Crippen LogP contribution >= 0.6 is 0 Å². The van der Waals surface area contributed by atoms with Crippen molar-refractivity contribution < 1.29 is 9.66 Å². The summed E-state index contributed by atoms with van der Waals surface area (Å²) in [6.45, 7) is 0.